The lowest BCUT2D eigenvalue weighted by Crippen LogP contribution is -2.42. The highest BCUT2D eigenvalue weighted by atomic mass is 16.6. The fourth-order valence-electron chi connectivity index (χ4n) is 4.13. The molecule has 0 aliphatic carbocycles. The van der Waals surface area contributed by atoms with Crippen LogP contribution in [0.5, 0.6) is 0 Å². The van der Waals surface area contributed by atoms with Crippen molar-refractivity contribution < 1.29 is 24.8 Å². The Kier molecular flexibility index (Phi) is 18.6. The summed E-state index contributed by atoms with van der Waals surface area (Å²) >= 11 is 0. The van der Waals surface area contributed by atoms with Crippen LogP contribution >= 0.6 is 0 Å². The van der Waals surface area contributed by atoms with Gasteiger partial charge in [-0.1, -0.05) is 96.1 Å². The fourth-order valence-corrected chi connectivity index (χ4v) is 4.13. The van der Waals surface area contributed by atoms with Crippen LogP contribution in [0.4, 0.5) is 0 Å². The quantitative estimate of drug-likeness (QED) is 0.166. The highest BCUT2D eigenvalue weighted by Gasteiger charge is 2.40. The van der Waals surface area contributed by atoms with Crippen molar-refractivity contribution in [3.05, 3.63) is 12.2 Å². The Morgan fingerprint density at radius 3 is 1.81 bits per heavy atom. The van der Waals surface area contributed by atoms with Crippen molar-refractivity contribution in [1.82, 2.24) is 0 Å². The average Bonchev–Trinajstić information content (AvgIpc) is 3.11. The Hall–Kier alpha value is -0.460. The molecule has 1 saturated heterocycles. The highest BCUT2D eigenvalue weighted by Crippen LogP contribution is 2.20. The van der Waals surface area contributed by atoms with Crippen LogP contribution in [0.15, 0.2) is 12.2 Å². The first-order valence-electron chi connectivity index (χ1n) is 13.1. The number of hydrogen-bond acceptors (Lipinski definition) is 5. The van der Waals surface area contributed by atoms with E-state index >= 15 is 0 Å². The number of hydrogen-bond donors (Lipinski definition) is 3. The van der Waals surface area contributed by atoms with Crippen LogP contribution in [-0.2, 0) is 9.47 Å². The second-order valence-electron chi connectivity index (χ2n) is 9.09. The van der Waals surface area contributed by atoms with Gasteiger partial charge in [0, 0.05) is 6.61 Å². The van der Waals surface area contributed by atoms with Crippen LogP contribution in [0.3, 0.4) is 0 Å². The van der Waals surface area contributed by atoms with Gasteiger partial charge in [-0.3, -0.25) is 0 Å². The van der Waals surface area contributed by atoms with E-state index in [0.717, 1.165) is 12.8 Å². The zero-order chi connectivity index (χ0) is 22.6. The first-order valence-corrected chi connectivity index (χ1v) is 13.1. The van der Waals surface area contributed by atoms with Crippen LogP contribution < -0.4 is 0 Å². The monoisotopic (exact) mass is 442 g/mol. The molecular formula is C26H50O5. The molecular weight excluding hydrogens is 392 g/mol. The van der Waals surface area contributed by atoms with Crippen LogP contribution in [0.1, 0.15) is 110 Å². The van der Waals surface area contributed by atoms with E-state index in [1.54, 1.807) is 0 Å². The smallest absolute Gasteiger partial charge is 0.114 e. The van der Waals surface area contributed by atoms with Gasteiger partial charge in [0.05, 0.1) is 13.2 Å². The molecule has 1 aliphatic heterocycles. The molecule has 0 aromatic carbocycles. The maximum absolute atomic E-state index is 9.85. The minimum Gasteiger partial charge on any atom is -0.394 e. The normalized spacial score (nSPS) is 22.5. The molecule has 5 heteroatoms. The number of ether oxygens (including phenoxy) is 2. The van der Waals surface area contributed by atoms with E-state index in [1.807, 2.05) is 0 Å². The van der Waals surface area contributed by atoms with E-state index in [1.165, 1.54) is 89.9 Å². The lowest BCUT2D eigenvalue weighted by Gasteiger charge is -2.24. The van der Waals surface area contributed by atoms with Crippen molar-refractivity contribution in [3.63, 3.8) is 0 Å². The summed E-state index contributed by atoms with van der Waals surface area (Å²) in [5.74, 6) is 0. The number of aliphatic hydroxyl groups excluding tert-OH is 3. The first-order chi connectivity index (χ1) is 15.2. The average molecular weight is 443 g/mol. The topological polar surface area (TPSA) is 79.2 Å². The second-order valence-corrected chi connectivity index (χ2v) is 9.09. The first kappa shape index (κ1) is 28.6. The Morgan fingerprint density at radius 1 is 0.806 bits per heavy atom. The third kappa shape index (κ3) is 14.3. The summed E-state index contributed by atoms with van der Waals surface area (Å²) < 4.78 is 11.0. The summed E-state index contributed by atoms with van der Waals surface area (Å²) in [6.07, 6.45) is 22.3. The predicted octanol–water partition coefficient (Wildman–Crippen LogP) is 5.30. The molecule has 1 heterocycles. The molecule has 0 spiro atoms. The van der Waals surface area contributed by atoms with Gasteiger partial charge in [-0.2, -0.15) is 0 Å². The fraction of sp³-hybridized carbons (Fsp3) is 0.923. The lowest BCUT2D eigenvalue weighted by atomic mass is 10.0. The SMILES string of the molecule is CCCC/C=C/CCCCCCCCCCCCCCO[C@@H](CO)[C@@H]1OC[C@@H](O)[C@@H]1O. The molecule has 1 rings (SSSR count). The molecule has 0 aromatic rings. The van der Waals surface area contributed by atoms with E-state index < -0.39 is 24.4 Å². The maximum Gasteiger partial charge on any atom is 0.114 e. The molecule has 0 aromatic heterocycles. The largest absolute Gasteiger partial charge is 0.394 e. The maximum atomic E-state index is 9.85. The van der Waals surface area contributed by atoms with Gasteiger partial charge >= 0.3 is 0 Å². The van der Waals surface area contributed by atoms with Crippen molar-refractivity contribution in [1.29, 1.82) is 0 Å². The second kappa shape index (κ2) is 20.2. The van der Waals surface area contributed by atoms with Gasteiger partial charge in [0.1, 0.15) is 24.4 Å². The van der Waals surface area contributed by atoms with Crippen LogP contribution in [0.25, 0.3) is 0 Å². The van der Waals surface area contributed by atoms with Crippen molar-refractivity contribution in [2.45, 2.75) is 134 Å². The zero-order valence-electron chi connectivity index (χ0n) is 20.1. The van der Waals surface area contributed by atoms with Gasteiger partial charge in [0.2, 0.25) is 0 Å². The van der Waals surface area contributed by atoms with E-state index in [2.05, 4.69) is 19.1 Å². The van der Waals surface area contributed by atoms with Gasteiger partial charge in [-0.25, -0.2) is 0 Å². The minimum atomic E-state index is -0.977. The summed E-state index contributed by atoms with van der Waals surface area (Å²) in [7, 11) is 0. The van der Waals surface area contributed by atoms with Crippen LogP contribution in [0, 0.1) is 0 Å². The molecule has 0 amide bonds. The van der Waals surface area contributed by atoms with Crippen LogP contribution in [0.2, 0.25) is 0 Å². The van der Waals surface area contributed by atoms with Crippen LogP contribution in [-0.4, -0.2) is 59.6 Å². The molecule has 0 saturated carbocycles. The van der Waals surface area contributed by atoms with Gasteiger partial charge in [-0.05, 0) is 25.7 Å². The summed E-state index contributed by atoms with van der Waals surface area (Å²) in [4.78, 5) is 0. The molecule has 184 valence electrons. The minimum absolute atomic E-state index is 0.0997. The van der Waals surface area contributed by atoms with E-state index in [0.29, 0.717) is 6.61 Å². The Labute approximate surface area is 191 Å². The Bertz CT molecular complexity index is 415. The molecule has 1 fully saturated rings. The number of rotatable bonds is 21. The molecule has 5 nitrogen and oxygen atoms in total. The molecule has 1 aliphatic rings. The summed E-state index contributed by atoms with van der Waals surface area (Å²) in [6, 6.07) is 0. The zero-order valence-corrected chi connectivity index (χ0v) is 20.1. The molecule has 0 bridgehead atoms. The van der Waals surface area contributed by atoms with Gasteiger partial charge in [0.25, 0.3) is 0 Å². The van der Waals surface area contributed by atoms with Gasteiger partial charge in [0.15, 0.2) is 0 Å². The summed E-state index contributed by atoms with van der Waals surface area (Å²) in [5.41, 5.74) is 0. The molecule has 0 radical (unpaired) electrons. The lowest BCUT2D eigenvalue weighted by molar-refractivity contribution is -0.101. The number of unbranched alkanes of at least 4 members (excludes halogenated alkanes) is 14. The molecule has 0 unspecified atom stereocenters. The van der Waals surface area contributed by atoms with E-state index in [-0.39, 0.29) is 13.2 Å². The summed E-state index contributed by atoms with van der Waals surface area (Å²) in [6.45, 7) is 2.70. The third-order valence-electron chi connectivity index (χ3n) is 6.22. The van der Waals surface area contributed by atoms with Gasteiger partial charge < -0.3 is 24.8 Å². The molecule has 31 heavy (non-hydrogen) atoms. The molecule has 3 N–H and O–H groups in total. The summed E-state index contributed by atoms with van der Waals surface area (Å²) in [5, 5.41) is 28.8. The highest BCUT2D eigenvalue weighted by molar-refractivity contribution is 4.88. The van der Waals surface area contributed by atoms with Crippen molar-refractivity contribution in [3.8, 4) is 0 Å². The number of aliphatic hydroxyl groups is 3. The standard InChI is InChI=1S/C26H50O5/c1-2-3-4-5-6-7-8-9-10-11-12-13-14-15-16-17-18-19-20-30-24(21-27)26-25(29)23(28)22-31-26/h5-6,23-29H,2-4,7-22H2,1H3/b6-5+/t23-,24+,25+,26+/m1/s1. The number of allylic oxidation sites excluding steroid dienone is 2. The van der Waals surface area contributed by atoms with Gasteiger partial charge in [-0.15, -0.1) is 0 Å². The van der Waals surface area contributed by atoms with Crippen molar-refractivity contribution >= 4 is 0 Å². The van der Waals surface area contributed by atoms with E-state index in [9.17, 15) is 15.3 Å². The Balaban J connectivity index is 1.80. The van der Waals surface area contributed by atoms with E-state index in [4.69, 9.17) is 9.47 Å². The van der Waals surface area contributed by atoms with Crippen molar-refractivity contribution in [2.24, 2.45) is 0 Å². The molecule has 4 atom stereocenters. The third-order valence-corrected chi connectivity index (χ3v) is 6.22. The Morgan fingerprint density at radius 2 is 1.32 bits per heavy atom. The predicted molar refractivity (Wildman–Crippen MR) is 127 cm³/mol. The van der Waals surface area contributed by atoms with Crippen molar-refractivity contribution in [2.75, 3.05) is 19.8 Å².